The van der Waals surface area contributed by atoms with Crippen LogP contribution in [-0.4, -0.2) is 13.1 Å². The van der Waals surface area contributed by atoms with Crippen molar-refractivity contribution in [2.45, 2.75) is 19.6 Å². The van der Waals surface area contributed by atoms with Gasteiger partial charge in [-0.1, -0.05) is 129 Å². The lowest BCUT2D eigenvalue weighted by Gasteiger charge is -2.16. The summed E-state index contributed by atoms with van der Waals surface area (Å²) in [5.41, 5.74) is 7.11. The number of rotatable bonds is 4. The van der Waals surface area contributed by atoms with Gasteiger partial charge >= 0.3 is 0 Å². The maximum atomic E-state index is 4.90. The van der Waals surface area contributed by atoms with Crippen LogP contribution >= 0.6 is 0 Å². The van der Waals surface area contributed by atoms with Gasteiger partial charge in [-0.05, 0) is 78.0 Å². The molecule has 7 aromatic rings. The molecular formula is C38H31NSi. The average molecular weight is 530 g/mol. The van der Waals surface area contributed by atoms with Gasteiger partial charge in [0.15, 0.2) is 0 Å². The molecule has 0 saturated heterocycles. The molecule has 1 nitrogen and oxygen atoms in total. The van der Waals surface area contributed by atoms with Crippen molar-refractivity contribution in [3.05, 3.63) is 134 Å². The Morgan fingerprint density at radius 2 is 0.875 bits per heavy atom. The van der Waals surface area contributed by atoms with Crippen LogP contribution in [0, 0.1) is 0 Å². The lowest BCUT2D eigenvalue weighted by molar-refractivity contribution is 1.34. The normalized spacial score (nSPS) is 11.9. The van der Waals surface area contributed by atoms with E-state index in [4.69, 9.17) is 4.98 Å². The van der Waals surface area contributed by atoms with E-state index in [2.05, 4.69) is 153 Å². The molecule has 0 aliphatic carbocycles. The highest BCUT2D eigenvalue weighted by Gasteiger charge is 2.17. The Morgan fingerprint density at radius 3 is 1.45 bits per heavy atom. The molecule has 0 radical (unpaired) electrons. The van der Waals surface area contributed by atoms with Gasteiger partial charge in [-0.3, -0.25) is 4.98 Å². The molecular weight excluding hydrogens is 499 g/mol. The molecule has 0 unspecified atom stereocenters. The zero-order chi connectivity index (χ0) is 27.3. The van der Waals surface area contributed by atoms with Gasteiger partial charge < -0.3 is 0 Å². The lowest BCUT2D eigenvalue weighted by Crippen LogP contribution is -2.37. The topological polar surface area (TPSA) is 12.9 Å². The second-order valence-corrected chi connectivity index (χ2v) is 16.8. The van der Waals surface area contributed by atoms with E-state index in [-0.39, 0.29) is 0 Å². The molecule has 2 heteroatoms. The minimum atomic E-state index is -1.39. The lowest BCUT2D eigenvalue weighted by atomic mass is 9.90. The van der Waals surface area contributed by atoms with Crippen LogP contribution in [0.2, 0.25) is 19.6 Å². The van der Waals surface area contributed by atoms with E-state index < -0.39 is 8.07 Å². The summed E-state index contributed by atoms with van der Waals surface area (Å²) in [6.45, 7) is 7.09. The Bertz CT molecular complexity index is 2000. The summed E-state index contributed by atoms with van der Waals surface area (Å²) in [6.07, 6.45) is 2.08. The van der Waals surface area contributed by atoms with E-state index in [1.807, 2.05) is 0 Å². The number of hydrogen-bond donors (Lipinski definition) is 0. The summed E-state index contributed by atoms with van der Waals surface area (Å²) in [7, 11) is -1.39. The third kappa shape index (κ3) is 4.31. The van der Waals surface area contributed by atoms with Gasteiger partial charge in [0.05, 0.1) is 13.8 Å². The summed E-state index contributed by atoms with van der Waals surface area (Å²) in [5.74, 6) is 0. The molecule has 0 fully saturated rings. The average Bonchev–Trinajstić information content (AvgIpc) is 3.01. The summed E-state index contributed by atoms with van der Waals surface area (Å²) in [6, 6.07) is 46.5. The highest BCUT2D eigenvalue weighted by atomic mass is 28.3. The highest BCUT2D eigenvalue weighted by Crippen LogP contribution is 2.39. The van der Waals surface area contributed by atoms with Crippen LogP contribution in [0.4, 0.5) is 0 Å². The fourth-order valence-corrected chi connectivity index (χ4v) is 6.82. The Balaban J connectivity index is 1.40. The second-order valence-electron chi connectivity index (χ2n) is 11.7. The first kappa shape index (κ1) is 24.5. The Kier molecular flexibility index (Phi) is 5.87. The molecule has 0 aliphatic heterocycles. The van der Waals surface area contributed by atoms with Crippen LogP contribution in [0.3, 0.4) is 0 Å². The van der Waals surface area contributed by atoms with E-state index in [0.29, 0.717) is 0 Å². The molecule has 192 valence electrons. The predicted octanol–water partition coefficient (Wildman–Crippen LogP) is 10.1. The van der Waals surface area contributed by atoms with Crippen molar-refractivity contribution < 1.29 is 0 Å². The second kappa shape index (κ2) is 9.58. The van der Waals surface area contributed by atoms with E-state index in [0.717, 1.165) is 11.3 Å². The third-order valence-electron chi connectivity index (χ3n) is 8.09. The Labute approximate surface area is 236 Å². The quantitative estimate of drug-likeness (QED) is 0.163. The molecule has 0 aliphatic rings. The molecule has 40 heavy (non-hydrogen) atoms. The van der Waals surface area contributed by atoms with Crippen LogP contribution in [-0.2, 0) is 0 Å². The van der Waals surface area contributed by atoms with Gasteiger partial charge in [-0.25, -0.2) is 0 Å². The van der Waals surface area contributed by atoms with Crippen LogP contribution in [0.1, 0.15) is 0 Å². The van der Waals surface area contributed by atoms with Gasteiger partial charge in [-0.2, -0.15) is 0 Å². The number of benzene rings is 6. The van der Waals surface area contributed by atoms with Gasteiger partial charge in [0.2, 0.25) is 0 Å². The van der Waals surface area contributed by atoms with Gasteiger partial charge in [0.25, 0.3) is 0 Å². The zero-order valence-corrected chi connectivity index (χ0v) is 24.1. The minimum Gasteiger partial charge on any atom is -0.256 e. The van der Waals surface area contributed by atoms with Crippen LogP contribution in [0.25, 0.3) is 65.8 Å². The zero-order valence-electron chi connectivity index (χ0n) is 23.1. The van der Waals surface area contributed by atoms with Crippen molar-refractivity contribution in [2.24, 2.45) is 0 Å². The number of hydrogen-bond acceptors (Lipinski definition) is 1. The van der Waals surface area contributed by atoms with E-state index in [9.17, 15) is 0 Å². The minimum absolute atomic E-state index is 1.03. The first-order valence-electron chi connectivity index (χ1n) is 14.0. The Hall–Kier alpha value is -4.53. The molecule has 0 atom stereocenters. The number of fused-ring (bicyclic) bond motifs is 6. The highest BCUT2D eigenvalue weighted by molar-refractivity contribution is 6.88. The van der Waals surface area contributed by atoms with Gasteiger partial charge in [0, 0.05) is 11.8 Å². The SMILES string of the molecule is C[Si](C)(C)c1ccc(-c2ccc3c4ccccc4c4ccc(-c5ccc(-c6ccccc6)cc5)cc4c3c2)nc1. The molecule has 1 aromatic heterocycles. The van der Waals surface area contributed by atoms with E-state index in [1.165, 1.54) is 59.8 Å². The first-order chi connectivity index (χ1) is 19.5. The summed E-state index contributed by atoms with van der Waals surface area (Å²) in [4.78, 5) is 4.90. The van der Waals surface area contributed by atoms with E-state index in [1.54, 1.807) is 0 Å². The predicted molar refractivity (Wildman–Crippen MR) is 176 cm³/mol. The number of aromatic nitrogens is 1. The third-order valence-corrected chi connectivity index (χ3v) is 10.1. The molecule has 1 heterocycles. The van der Waals surface area contributed by atoms with Gasteiger partial charge in [-0.15, -0.1) is 0 Å². The van der Waals surface area contributed by atoms with Crippen molar-refractivity contribution in [1.29, 1.82) is 0 Å². The van der Waals surface area contributed by atoms with Crippen LogP contribution in [0.5, 0.6) is 0 Å². The molecule has 0 amide bonds. The van der Waals surface area contributed by atoms with Crippen molar-refractivity contribution in [3.8, 4) is 33.5 Å². The first-order valence-corrected chi connectivity index (χ1v) is 17.5. The summed E-state index contributed by atoms with van der Waals surface area (Å²) in [5, 5.41) is 9.08. The van der Waals surface area contributed by atoms with Gasteiger partial charge in [0.1, 0.15) is 0 Å². The summed E-state index contributed by atoms with van der Waals surface area (Å²) < 4.78 is 0. The molecule has 0 saturated carbocycles. The van der Waals surface area contributed by atoms with Crippen molar-refractivity contribution >= 4 is 45.6 Å². The molecule has 0 N–H and O–H groups in total. The monoisotopic (exact) mass is 529 g/mol. The maximum absolute atomic E-state index is 4.90. The van der Waals surface area contributed by atoms with Crippen molar-refractivity contribution in [3.63, 3.8) is 0 Å². The van der Waals surface area contributed by atoms with E-state index >= 15 is 0 Å². The molecule has 0 bridgehead atoms. The largest absolute Gasteiger partial charge is 0.256 e. The maximum Gasteiger partial charge on any atom is 0.0796 e. The number of pyridine rings is 1. The van der Waals surface area contributed by atoms with Crippen molar-refractivity contribution in [2.75, 3.05) is 0 Å². The molecule has 6 aromatic carbocycles. The Morgan fingerprint density at radius 1 is 0.400 bits per heavy atom. The molecule has 0 spiro atoms. The van der Waals surface area contributed by atoms with Crippen molar-refractivity contribution in [1.82, 2.24) is 4.98 Å². The smallest absolute Gasteiger partial charge is 0.0796 e. The number of nitrogens with zero attached hydrogens (tertiary/aromatic N) is 1. The summed E-state index contributed by atoms with van der Waals surface area (Å²) >= 11 is 0. The fraction of sp³-hybridized carbons (Fsp3) is 0.0789. The van der Waals surface area contributed by atoms with Crippen LogP contribution < -0.4 is 5.19 Å². The standard InChI is InChI=1S/C38H31NSi/c1-40(2,3)31-19-22-38(39-25-31)30-18-21-35-33-12-8-7-11-32(33)34-20-17-29(23-36(34)37(35)24-30)28-15-13-27(14-16-28)26-9-5-4-6-10-26/h4-25H,1-3H3. The van der Waals surface area contributed by atoms with Crippen LogP contribution in [0.15, 0.2) is 134 Å². The fourth-order valence-electron chi connectivity index (χ4n) is 5.79. The molecule has 7 rings (SSSR count).